The summed E-state index contributed by atoms with van der Waals surface area (Å²) in [6, 6.07) is 10.2. The summed E-state index contributed by atoms with van der Waals surface area (Å²) in [5.41, 5.74) is 1.08. The molecule has 0 radical (unpaired) electrons. The monoisotopic (exact) mass is 305 g/mol. The molecule has 3 rings (SSSR count). The first-order valence-electron chi connectivity index (χ1n) is 6.44. The highest BCUT2D eigenvalue weighted by Crippen LogP contribution is 2.41. The number of hydrogen-bond acceptors (Lipinski definition) is 3. The minimum Gasteiger partial charge on any atom is -0.475 e. The molecule has 1 aromatic heterocycles. The molecule has 1 amide bonds. The summed E-state index contributed by atoms with van der Waals surface area (Å²) in [4.78, 5) is 22.7. The zero-order chi connectivity index (χ0) is 15.0. The first kappa shape index (κ1) is 13.7. The van der Waals surface area contributed by atoms with Gasteiger partial charge in [-0.2, -0.15) is 0 Å². The smallest absolute Gasteiger partial charge is 0.371 e. The van der Waals surface area contributed by atoms with Crippen LogP contribution in [0.1, 0.15) is 39.0 Å². The molecule has 1 aromatic carbocycles. The molecule has 1 aliphatic rings. The number of furan rings is 1. The highest BCUT2D eigenvalue weighted by molar-refractivity contribution is 6.30. The minimum absolute atomic E-state index is 0.00384. The molecule has 2 atom stereocenters. The van der Waals surface area contributed by atoms with Crippen LogP contribution in [0.2, 0.25) is 5.02 Å². The van der Waals surface area contributed by atoms with E-state index in [9.17, 15) is 9.59 Å². The Kier molecular flexibility index (Phi) is 3.43. The molecule has 1 fully saturated rings. The predicted octanol–water partition coefficient (Wildman–Crippen LogP) is 2.92. The lowest BCUT2D eigenvalue weighted by molar-refractivity contribution is 0.0659. The second kappa shape index (κ2) is 5.26. The molecular formula is C15H12ClNO4. The molecule has 0 aliphatic heterocycles. The fourth-order valence-corrected chi connectivity index (χ4v) is 2.47. The summed E-state index contributed by atoms with van der Waals surface area (Å²) < 4.78 is 4.96. The van der Waals surface area contributed by atoms with Gasteiger partial charge in [-0.15, -0.1) is 0 Å². The van der Waals surface area contributed by atoms with Crippen LogP contribution in [-0.4, -0.2) is 23.0 Å². The average molecular weight is 306 g/mol. The normalized spacial score (nSPS) is 20.0. The summed E-state index contributed by atoms with van der Waals surface area (Å²) in [7, 11) is 0. The first-order chi connectivity index (χ1) is 10.0. The van der Waals surface area contributed by atoms with Crippen molar-refractivity contribution >= 4 is 23.5 Å². The summed E-state index contributed by atoms with van der Waals surface area (Å²) in [6.45, 7) is 0. The van der Waals surface area contributed by atoms with Gasteiger partial charge in [-0.1, -0.05) is 23.7 Å². The Morgan fingerprint density at radius 3 is 2.67 bits per heavy atom. The third-order valence-corrected chi connectivity index (χ3v) is 3.66. The van der Waals surface area contributed by atoms with Crippen LogP contribution in [-0.2, 0) is 0 Å². The van der Waals surface area contributed by atoms with Crippen LogP contribution in [0.4, 0.5) is 0 Å². The van der Waals surface area contributed by atoms with Crippen LogP contribution in [0.3, 0.4) is 0 Å². The molecule has 0 bridgehead atoms. The molecule has 2 aromatic rings. The van der Waals surface area contributed by atoms with Gasteiger partial charge in [0.25, 0.3) is 5.91 Å². The molecule has 1 heterocycles. The maximum Gasteiger partial charge on any atom is 0.371 e. The fourth-order valence-electron chi connectivity index (χ4n) is 2.27. The number of rotatable bonds is 4. The van der Waals surface area contributed by atoms with Gasteiger partial charge in [0.1, 0.15) is 0 Å². The molecule has 1 aliphatic carbocycles. The number of carbonyl (C=O) groups excluding carboxylic acids is 1. The lowest BCUT2D eigenvalue weighted by Gasteiger charge is -2.03. The quantitative estimate of drug-likeness (QED) is 0.910. The highest BCUT2D eigenvalue weighted by Gasteiger charge is 2.40. The van der Waals surface area contributed by atoms with Gasteiger partial charge in [-0.25, -0.2) is 4.79 Å². The standard InChI is InChI=1S/C15H12ClNO4/c16-9-3-1-2-8(6-9)10-7-11(10)17-14(18)12-4-5-13(21-12)15(19)20/h1-6,10-11H,7H2,(H,17,18)(H,19,20)/t10-,11+/m1/s1. The van der Waals surface area contributed by atoms with Gasteiger partial charge >= 0.3 is 5.97 Å². The number of halogens is 1. The number of carbonyl (C=O) groups is 2. The molecule has 5 nitrogen and oxygen atoms in total. The van der Waals surface area contributed by atoms with Crippen LogP contribution in [0.25, 0.3) is 0 Å². The molecule has 1 saturated carbocycles. The van der Waals surface area contributed by atoms with Crippen molar-refractivity contribution in [2.45, 2.75) is 18.4 Å². The topological polar surface area (TPSA) is 79.5 Å². The molecule has 108 valence electrons. The Bertz CT molecular complexity index is 709. The van der Waals surface area contributed by atoms with E-state index in [1.165, 1.54) is 12.1 Å². The van der Waals surface area contributed by atoms with Crippen LogP contribution < -0.4 is 5.32 Å². The van der Waals surface area contributed by atoms with Gasteiger partial charge in [-0.3, -0.25) is 4.79 Å². The Hall–Kier alpha value is -2.27. The first-order valence-corrected chi connectivity index (χ1v) is 6.82. The molecular weight excluding hydrogens is 294 g/mol. The van der Waals surface area contributed by atoms with Crippen molar-refractivity contribution < 1.29 is 19.1 Å². The van der Waals surface area contributed by atoms with Crippen molar-refractivity contribution in [2.75, 3.05) is 0 Å². The Balaban J connectivity index is 1.63. The van der Waals surface area contributed by atoms with Crippen molar-refractivity contribution in [2.24, 2.45) is 0 Å². The van der Waals surface area contributed by atoms with E-state index in [0.717, 1.165) is 12.0 Å². The second-order valence-electron chi connectivity index (χ2n) is 4.95. The third kappa shape index (κ3) is 2.92. The van der Waals surface area contributed by atoms with E-state index in [4.69, 9.17) is 21.1 Å². The summed E-state index contributed by atoms with van der Waals surface area (Å²) in [5, 5.41) is 12.2. The van der Waals surface area contributed by atoms with E-state index in [-0.39, 0.29) is 23.5 Å². The lowest BCUT2D eigenvalue weighted by Crippen LogP contribution is -2.26. The Morgan fingerprint density at radius 2 is 2.00 bits per heavy atom. The van der Waals surface area contributed by atoms with E-state index in [1.54, 1.807) is 6.07 Å². The van der Waals surface area contributed by atoms with Gasteiger partial charge in [0.15, 0.2) is 5.76 Å². The SMILES string of the molecule is O=C(O)c1ccc(C(=O)N[C@H]2C[C@@H]2c2cccc(Cl)c2)o1. The van der Waals surface area contributed by atoms with Crippen LogP contribution in [0.5, 0.6) is 0 Å². The van der Waals surface area contributed by atoms with Crippen molar-refractivity contribution in [3.63, 3.8) is 0 Å². The van der Waals surface area contributed by atoms with E-state index in [1.807, 2.05) is 18.2 Å². The third-order valence-electron chi connectivity index (χ3n) is 3.42. The predicted molar refractivity (Wildman–Crippen MR) is 75.7 cm³/mol. The van der Waals surface area contributed by atoms with E-state index >= 15 is 0 Å². The molecule has 2 N–H and O–H groups in total. The number of nitrogens with one attached hydrogen (secondary N) is 1. The van der Waals surface area contributed by atoms with Gasteiger partial charge in [0, 0.05) is 17.0 Å². The van der Waals surface area contributed by atoms with E-state index in [2.05, 4.69) is 5.32 Å². The van der Waals surface area contributed by atoms with Crippen molar-refractivity contribution in [3.8, 4) is 0 Å². The largest absolute Gasteiger partial charge is 0.475 e. The number of carboxylic acid groups (broad SMARTS) is 1. The summed E-state index contributed by atoms with van der Waals surface area (Å²) >= 11 is 5.94. The van der Waals surface area contributed by atoms with E-state index < -0.39 is 11.9 Å². The summed E-state index contributed by atoms with van der Waals surface area (Å²) in [5.74, 6) is -1.61. The lowest BCUT2D eigenvalue weighted by atomic mass is 10.1. The Morgan fingerprint density at radius 1 is 1.24 bits per heavy atom. The molecule has 0 saturated heterocycles. The van der Waals surface area contributed by atoms with E-state index in [0.29, 0.717) is 5.02 Å². The van der Waals surface area contributed by atoms with Crippen molar-refractivity contribution in [1.82, 2.24) is 5.32 Å². The van der Waals surface area contributed by atoms with Crippen LogP contribution >= 0.6 is 11.6 Å². The Labute approximate surface area is 125 Å². The maximum absolute atomic E-state index is 12.0. The molecule has 0 unspecified atom stereocenters. The van der Waals surface area contributed by atoms with Crippen molar-refractivity contribution in [1.29, 1.82) is 0 Å². The highest BCUT2D eigenvalue weighted by atomic mass is 35.5. The zero-order valence-corrected chi connectivity index (χ0v) is 11.6. The summed E-state index contributed by atoms with van der Waals surface area (Å²) in [6.07, 6.45) is 0.832. The maximum atomic E-state index is 12.0. The van der Waals surface area contributed by atoms with Gasteiger partial charge in [-0.05, 0) is 36.2 Å². The number of hydrogen-bond donors (Lipinski definition) is 2. The number of carboxylic acids is 1. The molecule has 6 heteroatoms. The number of amides is 1. The number of benzene rings is 1. The van der Waals surface area contributed by atoms with Gasteiger partial charge in [0.05, 0.1) is 0 Å². The average Bonchev–Trinajstić information content (AvgIpc) is 3.01. The number of aromatic carboxylic acids is 1. The molecule has 0 spiro atoms. The van der Waals surface area contributed by atoms with Gasteiger partial charge in [0.2, 0.25) is 5.76 Å². The van der Waals surface area contributed by atoms with Crippen LogP contribution in [0.15, 0.2) is 40.8 Å². The fraction of sp³-hybridized carbons (Fsp3) is 0.200. The van der Waals surface area contributed by atoms with Crippen molar-refractivity contribution in [3.05, 3.63) is 58.5 Å². The minimum atomic E-state index is -1.20. The second-order valence-corrected chi connectivity index (χ2v) is 5.38. The van der Waals surface area contributed by atoms with Crippen LogP contribution in [0, 0.1) is 0 Å². The zero-order valence-electron chi connectivity index (χ0n) is 10.9. The van der Waals surface area contributed by atoms with Gasteiger partial charge < -0.3 is 14.8 Å². The molecule has 21 heavy (non-hydrogen) atoms.